The van der Waals surface area contributed by atoms with Gasteiger partial charge in [0.25, 0.3) is 11.8 Å². The van der Waals surface area contributed by atoms with Crippen molar-refractivity contribution >= 4 is 35.5 Å². The number of nitrogens with one attached hydrogen (secondary N) is 5. The molecule has 12 nitrogen and oxygen atoms in total. The molecule has 0 aromatic heterocycles. The molecule has 39 heavy (non-hydrogen) atoms. The Morgan fingerprint density at radius 2 is 1.74 bits per heavy atom. The van der Waals surface area contributed by atoms with Crippen LogP contribution in [0.4, 0.5) is 8.78 Å². The molecule has 2 saturated carbocycles. The minimum Gasteiger partial charge on any atom is -0.450 e. The maximum absolute atomic E-state index is 13.8. The quantitative estimate of drug-likeness (QED) is 0.216. The first-order valence-corrected chi connectivity index (χ1v) is 13.0. The van der Waals surface area contributed by atoms with Gasteiger partial charge in [-0.1, -0.05) is 20.8 Å². The molecule has 0 bridgehead atoms. The number of hydrogen-bond acceptors (Lipinski definition) is 7. The van der Waals surface area contributed by atoms with Crippen LogP contribution in [-0.4, -0.2) is 78.2 Å². The molecule has 1 aliphatic heterocycles. The van der Waals surface area contributed by atoms with Crippen molar-refractivity contribution in [1.29, 1.82) is 0 Å². The monoisotopic (exact) mass is 557 g/mol. The van der Waals surface area contributed by atoms with Gasteiger partial charge in [-0.15, -0.1) is 0 Å². The van der Waals surface area contributed by atoms with Crippen molar-refractivity contribution in [2.75, 3.05) is 13.1 Å². The highest BCUT2D eigenvalue weighted by Crippen LogP contribution is 2.46. The summed E-state index contributed by atoms with van der Waals surface area (Å²) in [4.78, 5) is 75.1. The van der Waals surface area contributed by atoms with E-state index >= 15 is 0 Å². The Bertz CT molecular complexity index is 1020. The number of esters is 1. The van der Waals surface area contributed by atoms with Crippen molar-refractivity contribution in [1.82, 2.24) is 26.6 Å². The van der Waals surface area contributed by atoms with Crippen LogP contribution in [0.5, 0.6) is 0 Å². The first-order valence-electron chi connectivity index (χ1n) is 13.0. The average molecular weight is 558 g/mol. The molecule has 3 rings (SSSR count). The third-order valence-corrected chi connectivity index (χ3v) is 6.89. The molecule has 0 spiro atoms. The van der Waals surface area contributed by atoms with E-state index in [-0.39, 0.29) is 18.4 Å². The highest BCUT2D eigenvalue weighted by molar-refractivity contribution is 5.96. The molecule has 5 amide bonds. The third kappa shape index (κ3) is 8.09. The normalized spacial score (nSPS) is 22.8. The summed E-state index contributed by atoms with van der Waals surface area (Å²) < 4.78 is 32.8. The van der Waals surface area contributed by atoms with E-state index in [9.17, 15) is 37.5 Å². The van der Waals surface area contributed by atoms with Crippen molar-refractivity contribution in [3.63, 3.8) is 0 Å². The van der Waals surface area contributed by atoms with Crippen LogP contribution in [0.15, 0.2) is 0 Å². The van der Waals surface area contributed by atoms with Gasteiger partial charge >= 0.3 is 5.97 Å². The summed E-state index contributed by atoms with van der Waals surface area (Å²) in [5.74, 6) is -7.71. The van der Waals surface area contributed by atoms with Crippen molar-refractivity contribution in [2.45, 2.75) is 95.9 Å². The van der Waals surface area contributed by atoms with Crippen LogP contribution in [0.3, 0.4) is 0 Å². The first-order chi connectivity index (χ1) is 18.0. The summed E-state index contributed by atoms with van der Waals surface area (Å²) in [6.07, 6.45) is -1.30. The van der Waals surface area contributed by atoms with Crippen LogP contribution in [0.2, 0.25) is 0 Å². The fourth-order valence-electron chi connectivity index (χ4n) is 4.57. The average Bonchev–Trinajstić information content (AvgIpc) is 3.52. The van der Waals surface area contributed by atoms with Gasteiger partial charge in [0.15, 0.2) is 6.10 Å². The number of carbonyl (C=O) groups is 6. The SMILES string of the molecule is CC(=O)OC(C(=O)NC1CC1)C(CC1CCNC1=O)NC(=O)CNC(=O)C1(NC(=O)C(C)(C)C)CC(F)(F)C1. The molecular weight excluding hydrogens is 520 g/mol. The minimum absolute atomic E-state index is 0.0145. The lowest BCUT2D eigenvalue weighted by molar-refractivity contribution is -0.168. The summed E-state index contributed by atoms with van der Waals surface area (Å²) in [5.41, 5.74) is -2.82. The van der Waals surface area contributed by atoms with E-state index < -0.39 is 83.9 Å². The summed E-state index contributed by atoms with van der Waals surface area (Å²) in [5, 5.41) is 12.7. The zero-order valence-corrected chi connectivity index (χ0v) is 22.6. The van der Waals surface area contributed by atoms with Crippen molar-refractivity contribution in [3.05, 3.63) is 0 Å². The molecule has 3 unspecified atom stereocenters. The van der Waals surface area contributed by atoms with Crippen LogP contribution in [0.1, 0.15) is 66.2 Å². The maximum atomic E-state index is 13.8. The fourth-order valence-corrected chi connectivity index (χ4v) is 4.57. The van der Waals surface area contributed by atoms with E-state index in [1.807, 2.05) is 0 Å². The van der Waals surface area contributed by atoms with Gasteiger partial charge in [0, 0.05) is 43.7 Å². The summed E-state index contributed by atoms with van der Waals surface area (Å²) >= 11 is 0. The van der Waals surface area contributed by atoms with Crippen LogP contribution in [0, 0.1) is 11.3 Å². The van der Waals surface area contributed by atoms with Gasteiger partial charge in [-0.25, -0.2) is 8.78 Å². The Balaban J connectivity index is 1.69. The van der Waals surface area contributed by atoms with Crippen molar-refractivity contribution in [2.24, 2.45) is 11.3 Å². The third-order valence-electron chi connectivity index (χ3n) is 6.89. The highest BCUT2D eigenvalue weighted by Gasteiger charge is 2.62. The number of halogens is 2. The topological polar surface area (TPSA) is 172 Å². The van der Waals surface area contributed by atoms with Crippen LogP contribution >= 0.6 is 0 Å². The summed E-state index contributed by atoms with van der Waals surface area (Å²) in [7, 11) is 0. The Labute approximate surface area is 225 Å². The molecule has 5 N–H and O–H groups in total. The van der Waals surface area contributed by atoms with Crippen molar-refractivity contribution in [3.8, 4) is 0 Å². The van der Waals surface area contributed by atoms with E-state index in [4.69, 9.17) is 4.74 Å². The smallest absolute Gasteiger partial charge is 0.303 e. The Kier molecular flexibility index (Phi) is 8.85. The molecule has 3 fully saturated rings. The number of carbonyl (C=O) groups excluding carboxylic acids is 6. The fraction of sp³-hybridized carbons (Fsp3) is 0.760. The summed E-state index contributed by atoms with van der Waals surface area (Å²) in [6.45, 7) is 5.58. The molecule has 1 heterocycles. The van der Waals surface area contributed by atoms with Gasteiger partial charge < -0.3 is 31.3 Å². The Morgan fingerprint density at radius 1 is 1.10 bits per heavy atom. The van der Waals surface area contributed by atoms with Gasteiger partial charge in [-0.3, -0.25) is 28.8 Å². The second-order valence-electron chi connectivity index (χ2n) is 11.7. The molecular formula is C25H37F2N5O7. The second kappa shape index (κ2) is 11.4. The van der Waals surface area contributed by atoms with E-state index in [1.54, 1.807) is 20.8 Å². The van der Waals surface area contributed by atoms with Gasteiger partial charge in [-0.05, 0) is 25.7 Å². The minimum atomic E-state index is -3.15. The van der Waals surface area contributed by atoms with Crippen LogP contribution in [-0.2, 0) is 33.5 Å². The summed E-state index contributed by atoms with van der Waals surface area (Å²) in [6, 6.07) is -1.17. The predicted octanol–water partition coefficient (Wildman–Crippen LogP) is -0.346. The lowest BCUT2D eigenvalue weighted by Crippen LogP contribution is -2.70. The first kappa shape index (κ1) is 30.2. The molecule has 2 aliphatic carbocycles. The molecule has 1 saturated heterocycles. The molecule has 0 radical (unpaired) electrons. The van der Waals surface area contributed by atoms with E-state index in [1.165, 1.54) is 0 Å². The standard InChI is InChI=1S/C25H37F2N5O7/c1-13(33)39-18(20(36)30-15-5-6-15)16(9-14-7-8-28-19(14)35)31-17(34)10-29-22(38)24(11-25(26,27)12-24)32-21(37)23(2,3)4/h14-16,18H,5-12H2,1-4H3,(H,28,35)(H,29,38)(H,30,36)(H,31,34)(H,32,37). The van der Waals surface area contributed by atoms with Crippen molar-refractivity contribution < 1.29 is 42.3 Å². The number of ether oxygens (including phenoxy) is 1. The van der Waals surface area contributed by atoms with Gasteiger partial charge in [0.2, 0.25) is 23.6 Å². The van der Waals surface area contributed by atoms with Gasteiger partial charge in [0.1, 0.15) is 5.54 Å². The van der Waals surface area contributed by atoms with E-state index in [2.05, 4.69) is 26.6 Å². The molecule has 218 valence electrons. The number of alkyl halides is 2. The number of hydrogen-bond donors (Lipinski definition) is 5. The molecule has 3 aliphatic rings. The lowest BCUT2D eigenvalue weighted by Gasteiger charge is -2.47. The largest absolute Gasteiger partial charge is 0.450 e. The van der Waals surface area contributed by atoms with Crippen LogP contribution < -0.4 is 26.6 Å². The molecule has 3 atom stereocenters. The van der Waals surface area contributed by atoms with E-state index in [0.717, 1.165) is 19.8 Å². The van der Waals surface area contributed by atoms with Gasteiger partial charge in [-0.2, -0.15) is 0 Å². The van der Waals surface area contributed by atoms with Gasteiger partial charge in [0.05, 0.1) is 12.6 Å². The highest BCUT2D eigenvalue weighted by atomic mass is 19.3. The molecule has 0 aromatic carbocycles. The zero-order chi connectivity index (χ0) is 29.2. The molecule has 14 heteroatoms. The van der Waals surface area contributed by atoms with E-state index in [0.29, 0.717) is 13.0 Å². The van der Waals surface area contributed by atoms with Crippen LogP contribution in [0.25, 0.3) is 0 Å². The maximum Gasteiger partial charge on any atom is 0.303 e. The molecule has 0 aromatic rings. The Morgan fingerprint density at radius 3 is 2.23 bits per heavy atom. The Hall–Kier alpha value is -3.32. The zero-order valence-electron chi connectivity index (χ0n) is 22.6. The lowest BCUT2D eigenvalue weighted by atomic mass is 9.72. The number of amides is 5. The predicted molar refractivity (Wildman–Crippen MR) is 132 cm³/mol. The second-order valence-corrected chi connectivity index (χ2v) is 11.7. The number of rotatable bonds is 11.